The van der Waals surface area contributed by atoms with Crippen LogP contribution < -0.4 is 10.1 Å². The van der Waals surface area contributed by atoms with Crippen molar-refractivity contribution in [2.45, 2.75) is 33.5 Å². The Kier molecular flexibility index (Phi) is 5.77. The van der Waals surface area contributed by atoms with Crippen LogP contribution in [0.5, 0.6) is 5.75 Å². The van der Waals surface area contributed by atoms with Gasteiger partial charge in [-0.25, -0.2) is 0 Å². The Balaban J connectivity index is 2.02. The normalized spacial score (nSPS) is 11.8. The molecule has 4 nitrogen and oxygen atoms in total. The monoisotopic (exact) mass is 313 g/mol. The predicted molar refractivity (Wildman–Crippen MR) is 91.8 cm³/mol. The molecule has 2 rings (SSSR count). The number of nitrogens with one attached hydrogen (secondary N) is 1. The second-order valence-corrected chi connectivity index (χ2v) is 5.58. The zero-order valence-corrected chi connectivity index (χ0v) is 14.1. The van der Waals surface area contributed by atoms with E-state index in [4.69, 9.17) is 9.47 Å². The number of benzene rings is 2. The maximum absolute atomic E-state index is 12.3. The Hall–Kier alpha value is -2.33. The van der Waals surface area contributed by atoms with Gasteiger partial charge in [-0.2, -0.15) is 0 Å². The van der Waals surface area contributed by atoms with Crippen molar-refractivity contribution in [3.05, 3.63) is 59.2 Å². The van der Waals surface area contributed by atoms with E-state index in [1.54, 1.807) is 14.0 Å². The highest BCUT2D eigenvalue weighted by Crippen LogP contribution is 2.22. The summed E-state index contributed by atoms with van der Waals surface area (Å²) in [4.78, 5) is 12.3. The maximum Gasteiger partial charge on any atom is 0.265 e. The minimum absolute atomic E-state index is 0.180. The maximum atomic E-state index is 12.3. The third-order valence-corrected chi connectivity index (χ3v) is 3.73. The summed E-state index contributed by atoms with van der Waals surface area (Å²) in [6.07, 6.45) is -0.582. The van der Waals surface area contributed by atoms with Crippen LogP contribution in [0.4, 0.5) is 5.69 Å². The Labute approximate surface area is 137 Å². The van der Waals surface area contributed by atoms with Crippen LogP contribution in [0.15, 0.2) is 42.5 Å². The highest BCUT2D eigenvalue weighted by Gasteiger charge is 2.16. The molecule has 1 atom stereocenters. The van der Waals surface area contributed by atoms with Gasteiger partial charge < -0.3 is 14.8 Å². The zero-order chi connectivity index (χ0) is 16.8. The van der Waals surface area contributed by atoms with E-state index < -0.39 is 6.10 Å². The number of carbonyl (C=O) groups is 1. The number of ether oxygens (including phenoxy) is 2. The Morgan fingerprint density at radius 1 is 1.17 bits per heavy atom. The number of anilines is 1. The molecule has 0 bridgehead atoms. The van der Waals surface area contributed by atoms with Crippen molar-refractivity contribution < 1.29 is 14.3 Å². The molecule has 0 aliphatic heterocycles. The molecule has 4 heteroatoms. The van der Waals surface area contributed by atoms with Gasteiger partial charge in [0, 0.05) is 12.8 Å². The van der Waals surface area contributed by atoms with Gasteiger partial charge in [-0.05, 0) is 55.7 Å². The van der Waals surface area contributed by atoms with E-state index in [1.165, 1.54) is 0 Å². The molecule has 1 N–H and O–H groups in total. The van der Waals surface area contributed by atoms with E-state index in [0.717, 1.165) is 28.1 Å². The minimum Gasteiger partial charge on any atom is -0.481 e. The van der Waals surface area contributed by atoms with Gasteiger partial charge >= 0.3 is 0 Å². The van der Waals surface area contributed by atoms with E-state index in [2.05, 4.69) is 5.32 Å². The molecule has 0 radical (unpaired) electrons. The molecular weight excluding hydrogens is 290 g/mol. The fraction of sp³-hybridized carbons (Fsp3) is 0.316. The molecule has 2 aromatic carbocycles. The molecule has 122 valence electrons. The molecule has 0 fully saturated rings. The largest absolute Gasteiger partial charge is 0.481 e. The van der Waals surface area contributed by atoms with Gasteiger partial charge in [0.25, 0.3) is 5.91 Å². The number of carbonyl (C=O) groups excluding carboxylic acids is 1. The predicted octanol–water partition coefficient (Wildman–Crippen LogP) is 3.86. The van der Waals surface area contributed by atoms with Crippen molar-refractivity contribution in [3.8, 4) is 5.75 Å². The average Bonchev–Trinajstić information content (AvgIpc) is 2.52. The quantitative estimate of drug-likeness (QED) is 0.881. The summed E-state index contributed by atoms with van der Waals surface area (Å²) in [5.41, 5.74) is 3.94. The van der Waals surface area contributed by atoms with Gasteiger partial charge in [-0.3, -0.25) is 4.79 Å². The number of rotatable bonds is 6. The van der Waals surface area contributed by atoms with Crippen LogP contribution in [-0.2, 0) is 16.1 Å². The second-order valence-electron chi connectivity index (χ2n) is 5.58. The summed E-state index contributed by atoms with van der Waals surface area (Å²) >= 11 is 0. The molecule has 2 aromatic rings. The van der Waals surface area contributed by atoms with Gasteiger partial charge in [-0.15, -0.1) is 0 Å². The lowest BCUT2D eigenvalue weighted by atomic mass is 10.1. The van der Waals surface area contributed by atoms with Gasteiger partial charge in [0.15, 0.2) is 6.10 Å². The van der Waals surface area contributed by atoms with Crippen LogP contribution in [0, 0.1) is 13.8 Å². The Morgan fingerprint density at radius 2 is 1.91 bits per heavy atom. The van der Waals surface area contributed by atoms with Crippen molar-refractivity contribution in [2.75, 3.05) is 12.4 Å². The third kappa shape index (κ3) is 4.57. The molecule has 0 saturated heterocycles. The van der Waals surface area contributed by atoms with Gasteiger partial charge in [0.1, 0.15) is 5.75 Å². The molecule has 0 aromatic heterocycles. The smallest absolute Gasteiger partial charge is 0.265 e. The second kappa shape index (κ2) is 7.79. The summed E-state index contributed by atoms with van der Waals surface area (Å²) in [7, 11) is 1.64. The minimum atomic E-state index is -0.582. The Bertz CT molecular complexity index is 682. The number of amides is 1. The third-order valence-electron chi connectivity index (χ3n) is 3.73. The number of methoxy groups -OCH3 is 1. The lowest BCUT2D eigenvalue weighted by Gasteiger charge is -2.17. The first-order valence-electron chi connectivity index (χ1n) is 7.63. The van der Waals surface area contributed by atoms with Crippen molar-refractivity contribution in [2.24, 2.45) is 0 Å². The molecule has 0 spiro atoms. The summed E-state index contributed by atoms with van der Waals surface area (Å²) in [6.45, 7) is 6.27. The molecule has 0 saturated carbocycles. The van der Waals surface area contributed by atoms with E-state index >= 15 is 0 Å². The van der Waals surface area contributed by atoms with Crippen molar-refractivity contribution in [3.63, 3.8) is 0 Å². The van der Waals surface area contributed by atoms with Gasteiger partial charge in [0.05, 0.1) is 6.61 Å². The first-order valence-corrected chi connectivity index (χ1v) is 7.63. The number of hydrogen-bond donors (Lipinski definition) is 1. The van der Waals surface area contributed by atoms with E-state index in [-0.39, 0.29) is 5.91 Å². The number of hydrogen-bond acceptors (Lipinski definition) is 3. The first-order chi connectivity index (χ1) is 11.0. The molecule has 1 amide bonds. The SMILES string of the molecule is COCc1cccc(NC(=O)[C@H](C)Oc2cccc(C)c2C)c1. The molecule has 0 aliphatic rings. The summed E-state index contributed by atoms with van der Waals surface area (Å²) in [6, 6.07) is 13.4. The van der Waals surface area contributed by atoms with Crippen LogP contribution in [0.1, 0.15) is 23.6 Å². The van der Waals surface area contributed by atoms with Crippen molar-refractivity contribution >= 4 is 11.6 Å². The lowest BCUT2D eigenvalue weighted by molar-refractivity contribution is -0.122. The van der Waals surface area contributed by atoms with Crippen molar-refractivity contribution in [1.82, 2.24) is 0 Å². The topological polar surface area (TPSA) is 47.6 Å². The van der Waals surface area contributed by atoms with Crippen LogP contribution in [0.3, 0.4) is 0 Å². The fourth-order valence-electron chi connectivity index (χ4n) is 2.25. The van der Waals surface area contributed by atoms with Gasteiger partial charge in [-0.1, -0.05) is 24.3 Å². The fourth-order valence-corrected chi connectivity index (χ4v) is 2.25. The molecule has 23 heavy (non-hydrogen) atoms. The van der Waals surface area contributed by atoms with E-state index in [1.807, 2.05) is 56.3 Å². The van der Waals surface area contributed by atoms with Crippen molar-refractivity contribution in [1.29, 1.82) is 0 Å². The van der Waals surface area contributed by atoms with E-state index in [9.17, 15) is 4.79 Å². The lowest BCUT2D eigenvalue weighted by Crippen LogP contribution is -2.30. The Morgan fingerprint density at radius 3 is 2.65 bits per heavy atom. The average molecular weight is 313 g/mol. The molecular formula is C19H23NO3. The van der Waals surface area contributed by atoms with Crippen LogP contribution in [0.25, 0.3) is 0 Å². The van der Waals surface area contributed by atoms with Gasteiger partial charge in [0.2, 0.25) is 0 Å². The van der Waals surface area contributed by atoms with Crippen LogP contribution in [0.2, 0.25) is 0 Å². The molecule has 0 heterocycles. The standard InChI is InChI=1S/C19H23NO3/c1-13-7-5-10-18(14(13)2)23-15(3)19(21)20-17-9-6-8-16(11-17)12-22-4/h5-11,15H,12H2,1-4H3,(H,20,21)/t15-/m0/s1. The molecule has 0 unspecified atom stereocenters. The first kappa shape index (κ1) is 17.0. The van der Waals surface area contributed by atoms with Crippen LogP contribution >= 0.6 is 0 Å². The highest BCUT2D eigenvalue weighted by molar-refractivity contribution is 5.94. The van der Waals surface area contributed by atoms with E-state index in [0.29, 0.717) is 6.61 Å². The van der Waals surface area contributed by atoms with Crippen LogP contribution in [-0.4, -0.2) is 19.1 Å². The molecule has 0 aliphatic carbocycles. The summed E-state index contributed by atoms with van der Waals surface area (Å²) < 4.78 is 10.9. The zero-order valence-electron chi connectivity index (χ0n) is 14.1. The summed E-state index contributed by atoms with van der Waals surface area (Å²) in [5, 5.41) is 2.88. The highest BCUT2D eigenvalue weighted by atomic mass is 16.5. The number of aryl methyl sites for hydroxylation is 1. The summed E-state index contributed by atoms with van der Waals surface area (Å²) in [5.74, 6) is 0.557.